The van der Waals surface area contributed by atoms with E-state index in [1.54, 1.807) is 11.6 Å². The molecule has 2 rings (SSSR count). The van der Waals surface area contributed by atoms with Crippen LogP contribution in [0.25, 0.3) is 0 Å². The summed E-state index contributed by atoms with van der Waals surface area (Å²) in [5, 5.41) is 15.7. The first kappa shape index (κ1) is 14.7. The third-order valence-electron chi connectivity index (χ3n) is 2.88. The van der Waals surface area contributed by atoms with Gasteiger partial charge in [0.15, 0.2) is 11.4 Å². The van der Waals surface area contributed by atoms with Crippen molar-refractivity contribution < 1.29 is 14.7 Å². The van der Waals surface area contributed by atoms with Gasteiger partial charge >= 0.3 is 5.97 Å². The Bertz CT molecular complexity index is 647. The molecule has 0 aliphatic carbocycles. The Morgan fingerprint density at radius 3 is 2.90 bits per heavy atom. The van der Waals surface area contributed by atoms with E-state index in [2.05, 4.69) is 25.4 Å². The highest BCUT2D eigenvalue weighted by Crippen LogP contribution is 2.11. The fourth-order valence-electron chi connectivity index (χ4n) is 1.95. The predicted octanol–water partition coefficient (Wildman–Crippen LogP) is 0.600. The number of hydrogen-bond donors (Lipinski definition) is 3. The number of rotatable bonds is 6. The molecule has 0 fully saturated rings. The summed E-state index contributed by atoms with van der Waals surface area (Å²) in [6.07, 6.45) is 3.48. The predicted molar refractivity (Wildman–Crippen MR) is 71.7 cm³/mol. The van der Waals surface area contributed by atoms with Gasteiger partial charge in [0, 0.05) is 6.54 Å². The number of carboxylic acids is 1. The van der Waals surface area contributed by atoms with E-state index in [1.807, 2.05) is 6.92 Å². The lowest BCUT2D eigenvalue weighted by Gasteiger charge is -2.13. The zero-order valence-corrected chi connectivity index (χ0v) is 11.7. The molecule has 0 aliphatic heterocycles. The largest absolute Gasteiger partial charge is 0.477 e. The average molecular weight is 292 g/mol. The molecule has 0 spiro atoms. The number of carboxylic acid groups (broad SMARTS) is 1. The van der Waals surface area contributed by atoms with Crippen molar-refractivity contribution in [3.63, 3.8) is 0 Å². The molecule has 9 nitrogen and oxygen atoms in total. The van der Waals surface area contributed by atoms with E-state index in [0.29, 0.717) is 12.4 Å². The summed E-state index contributed by atoms with van der Waals surface area (Å²) in [4.78, 5) is 33.3. The molecule has 0 radical (unpaired) electrons. The maximum atomic E-state index is 12.1. The van der Waals surface area contributed by atoms with Crippen LogP contribution >= 0.6 is 0 Å². The van der Waals surface area contributed by atoms with Crippen molar-refractivity contribution in [1.82, 2.24) is 30.0 Å². The SMILES string of the molecule is CCCn1ncnc1[C@H](C)NC(=O)c1nc[nH]c1C(=O)O. The number of aromatic amines is 1. The van der Waals surface area contributed by atoms with Gasteiger partial charge in [-0.2, -0.15) is 5.10 Å². The van der Waals surface area contributed by atoms with Gasteiger partial charge in [0.05, 0.1) is 12.4 Å². The minimum absolute atomic E-state index is 0.157. The molecule has 112 valence electrons. The van der Waals surface area contributed by atoms with Crippen LogP contribution in [0.4, 0.5) is 0 Å². The molecule has 2 heterocycles. The van der Waals surface area contributed by atoms with Crippen LogP contribution in [0.15, 0.2) is 12.7 Å². The fourth-order valence-corrected chi connectivity index (χ4v) is 1.95. The number of hydrogen-bond acceptors (Lipinski definition) is 5. The van der Waals surface area contributed by atoms with Crippen LogP contribution in [0.2, 0.25) is 0 Å². The summed E-state index contributed by atoms with van der Waals surface area (Å²) in [7, 11) is 0. The Hall–Kier alpha value is -2.71. The molecule has 9 heteroatoms. The van der Waals surface area contributed by atoms with E-state index < -0.39 is 17.9 Å². The van der Waals surface area contributed by atoms with Gasteiger partial charge in [0.1, 0.15) is 12.2 Å². The molecule has 0 saturated heterocycles. The molecule has 0 bridgehead atoms. The number of imidazole rings is 1. The molecule has 0 aromatic carbocycles. The average Bonchev–Trinajstić information content (AvgIpc) is 3.07. The lowest BCUT2D eigenvalue weighted by atomic mass is 10.2. The van der Waals surface area contributed by atoms with Crippen LogP contribution < -0.4 is 5.32 Å². The molecular formula is C12H16N6O3. The summed E-state index contributed by atoms with van der Waals surface area (Å²) in [6.45, 7) is 4.46. The second kappa shape index (κ2) is 6.16. The van der Waals surface area contributed by atoms with Gasteiger partial charge in [-0.25, -0.2) is 19.4 Å². The summed E-state index contributed by atoms with van der Waals surface area (Å²) in [5.74, 6) is -1.20. The smallest absolute Gasteiger partial charge is 0.354 e. The van der Waals surface area contributed by atoms with Crippen LogP contribution in [-0.2, 0) is 6.54 Å². The minimum Gasteiger partial charge on any atom is -0.477 e. The first-order valence-electron chi connectivity index (χ1n) is 6.49. The van der Waals surface area contributed by atoms with Crippen LogP contribution in [0, 0.1) is 0 Å². The number of nitrogens with zero attached hydrogens (tertiary/aromatic N) is 4. The van der Waals surface area contributed by atoms with Crippen LogP contribution in [-0.4, -0.2) is 41.7 Å². The second-order valence-electron chi connectivity index (χ2n) is 4.47. The van der Waals surface area contributed by atoms with E-state index in [4.69, 9.17) is 5.11 Å². The molecule has 0 unspecified atom stereocenters. The molecule has 1 amide bonds. The van der Waals surface area contributed by atoms with Crippen molar-refractivity contribution in [1.29, 1.82) is 0 Å². The summed E-state index contributed by atoms with van der Waals surface area (Å²) < 4.78 is 1.70. The Balaban J connectivity index is 2.13. The molecule has 2 aromatic heterocycles. The monoisotopic (exact) mass is 292 g/mol. The van der Waals surface area contributed by atoms with E-state index in [9.17, 15) is 9.59 Å². The molecule has 0 saturated carbocycles. The number of aromatic carboxylic acids is 1. The van der Waals surface area contributed by atoms with Crippen LogP contribution in [0.1, 0.15) is 53.1 Å². The maximum Gasteiger partial charge on any atom is 0.354 e. The fraction of sp³-hybridized carbons (Fsp3) is 0.417. The number of H-pyrrole nitrogens is 1. The number of carbonyl (C=O) groups is 2. The van der Waals surface area contributed by atoms with E-state index in [0.717, 1.165) is 6.42 Å². The minimum atomic E-state index is -1.24. The lowest BCUT2D eigenvalue weighted by molar-refractivity contribution is 0.0684. The highest BCUT2D eigenvalue weighted by Gasteiger charge is 2.22. The van der Waals surface area contributed by atoms with Gasteiger partial charge < -0.3 is 15.4 Å². The van der Waals surface area contributed by atoms with Crippen molar-refractivity contribution in [2.75, 3.05) is 0 Å². The molecule has 3 N–H and O–H groups in total. The van der Waals surface area contributed by atoms with Crippen molar-refractivity contribution in [2.24, 2.45) is 0 Å². The number of amides is 1. The van der Waals surface area contributed by atoms with E-state index in [-0.39, 0.29) is 11.4 Å². The molecule has 2 aromatic rings. The molecular weight excluding hydrogens is 276 g/mol. The topological polar surface area (TPSA) is 126 Å². The van der Waals surface area contributed by atoms with Gasteiger partial charge in [0.25, 0.3) is 5.91 Å². The molecule has 0 aliphatic rings. The summed E-state index contributed by atoms with van der Waals surface area (Å²) >= 11 is 0. The van der Waals surface area contributed by atoms with Gasteiger partial charge in [0.2, 0.25) is 0 Å². The number of nitrogens with one attached hydrogen (secondary N) is 2. The number of aromatic nitrogens is 5. The van der Waals surface area contributed by atoms with E-state index >= 15 is 0 Å². The normalized spacial score (nSPS) is 12.1. The highest BCUT2D eigenvalue weighted by molar-refractivity contribution is 6.02. The van der Waals surface area contributed by atoms with Crippen LogP contribution in [0.5, 0.6) is 0 Å². The van der Waals surface area contributed by atoms with E-state index in [1.165, 1.54) is 12.7 Å². The molecule has 21 heavy (non-hydrogen) atoms. The second-order valence-corrected chi connectivity index (χ2v) is 4.47. The Labute approximate surface area is 120 Å². The zero-order valence-electron chi connectivity index (χ0n) is 11.7. The lowest BCUT2D eigenvalue weighted by Crippen LogP contribution is -2.30. The summed E-state index contributed by atoms with van der Waals surface area (Å²) in [5.41, 5.74) is -0.398. The third kappa shape index (κ3) is 3.07. The van der Waals surface area contributed by atoms with Crippen molar-refractivity contribution in [2.45, 2.75) is 32.9 Å². The number of carbonyl (C=O) groups excluding carboxylic acids is 1. The quantitative estimate of drug-likeness (QED) is 0.715. The maximum absolute atomic E-state index is 12.1. The Kier molecular flexibility index (Phi) is 4.31. The Morgan fingerprint density at radius 1 is 1.48 bits per heavy atom. The standard InChI is InChI=1S/C12H16N6O3/c1-3-4-18-10(15-6-16-18)7(2)17-11(19)8-9(12(20)21)14-5-13-8/h5-7H,3-4H2,1-2H3,(H,13,14)(H,17,19)(H,20,21)/t7-/m0/s1. The van der Waals surface area contributed by atoms with Gasteiger partial charge in [-0.1, -0.05) is 6.92 Å². The van der Waals surface area contributed by atoms with Crippen LogP contribution in [0.3, 0.4) is 0 Å². The van der Waals surface area contributed by atoms with Crippen molar-refractivity contribution in [3.05, 3.63) is 29.9 Å². The third-order valence-corrected chi connectivity index (χ3v) is 2.88. The van der Waals surface area contributed by atoms with Crippen molar-refractivity contribution in [3.8, 4) is 0 Å². The Morgan fingerprint density at radius 2 is 2.24 bits per heavy atom. The van der Waals surface area contributed by atoms with Gasteiger partial charge in [-0.3, -0.25) is 4.79 Å². The zero-order chi connectivity index (χ0) is 15.4. The summed E-state index contributed by atoms with van der Waals surface area (Å²) in [6, 6.07) is -0.412. The molecule has 1 atom stereocenters. The highest BCUT2D eigenvalue weighted by atomic mass is 16.4. The van der Waals surface area contributed by atoms with Gasteiger partial charge in [-0.05, 0) is 13.3 Å². The first-order valence-corrected chi connectivity index (χ1v) is 6.49. The first-order chi connectivity index (χ1) is 10.0. The van der Waals surface area contributed by atoms with Crippen molar-refractivity contribution >= 4 is 11.9 Å². The number of aryl methyl sites for hydroxylation is 1. The van der Waals surface area contributed by atoms with Gasteiger partial charge in [-0.15, -0.1) is 0 Å².